The molecule has 0 atom stereocenters. The summed E-state index contributed by atoms with van der Waals surface area (Å²) in [5.74, 6) is 0.0633. The first-order valence-corrected chi connectivity index (χ1v) is 7.93. The molecular formula is C17H16N2OS. The van der Waals surface area contributed by atoms with E-state index in [2.05, 4.69) is 6.07 Å². The summed E-state index contributed by atoms with van der Waals surface area (Å²) in [6.07, 6.45) is 1.42. The summed E-state index contributed by atoms with van der Waals surface area (Å²) in [5, 5.41) is 11.6. The summed E-state index contributed by atoms with van der Waals surface area (Å²) in [5.41, 5.74) is 0.305. The Kier molecular flexibility index (Phi) is 3.76. The number of carbonyl (C=O) groups is 1. The molecular weight excluding hydrogens is 280 g/mol. The summed E-state index contributed by atoms with van der Waals surface area (Å²) < 4.78 is 0. The van der Waals surface area contributed by atoms with Gasteiger partial charge in [0, 0.05) is 23.5 Å². The van der Waals surface area contributed by atoms with Crippen LogP contribution >= 0.6 is 11.3 Å². The van der Waals surface area contributed by atoms with Crippen LogP contribution in [0.2, 0.25) is 0 Å². The summed E-state index contributed by atoms with van der Waals surface area (Å²) >= 11 is 1.63. The molecule has 1 aromatic carbocycles. The zero-order valence-corrected chi connectivity index (χ0v) is 12.5. The maximum absolute atomic E-state index is 12.4. The molecule has 1 aliphatic heterocycles. The number of hydrogen-bond acceptors (Lipinski definition) is 3. The van der Waals surface area contributed by atoms with Crippen LogP contribution in [-0.2, 0) is 5.41 Å². The van der Waals surface area contributed by atoms with Crippen LogP contribution in [0.1, 0.15) is 28.1 Å². The van der Waals surface area contributed by atoms with Crippen molar-refractivity contribution in [1.29, 1.82) is 5.26 Å². The van der Waals surface area contributed by atoms with Gasteiger partial charge >= 0.3 is 0 Å². The lowest BCUT2D eigenvalue weighted by Gasteiger charge is -2.36. The monoisotopic (exact) mass is 296 g/mol. The van der Waals surface area contributed by atoms with Gasteiger partial charge in [-0.3, -0.25) is 4.79 Å². The van der Waals surface area contributed by atoms with Gasteiger partial charge in [0.05, 0.1) is 11.5 Å². The summed E-state index contributed by atoms with van der Waals surface area (Å²) in [4.78, 5) is 15.4. The van der Waals surface area contributed by atoms with E-state index in [0.29, 0.717) is 25.9 Å². The molecule has 0 N–H and O–H groups in total. The van der Waals surface area contributed by atoms with Gasteiger partial charge in [-0.25, -0.2) is 0 Å². The van der Waals surface area contributed by atoms with Gasteiger partial charge in [-0.05, 0) is 36.4 Å². The fraction of sp³-hybridized carbons (Fsp3) is 0.294. The highest BCUT2D eigenvalue weighted by atomic mass is 32.1. The van der Waals surface area contributed by atoms with Crippen molar-refractivity contribution in [2.45, 2.75) is 18.3 Å². The van der Waals surface area contributed by atoms with Crippen molar-refractivity contribution in [1.82, 2.24) is 4.90 Å². The van der Waals surface area contributed by atoms with Crippen LogP contribution in [0, 0.1) is 11.3 Å². The zero-order chi connectivity index (χ0) is 14.7. The highest BCUT2D eigenvalue weighted by Crippen LogP contribution is 2.37. The minimum atomic E-state index is -0.415. The fourth-order valence-electron chi connectivity index (χ4n) is 2.82. The van der Waals surface area contributed by atoms with Gasteiger partial charge in [-0.1, -0.05) is 24.3 Å². The van der Waals surface area contributed by atoms with E-state index in [-0.39, 0.29) is 5.91 Å². The summed E-state index contributed by atoms with van der Waals surface area (Å²) in [6, 6.07) is 15.9. The van der Waals surface area contributed by atoms with Crippen molar-refractivity contribution in [2.24, 2.45) is 0 Å². The molecule has 4 heteroatoms. The van der Waals surface area contributed by atoms with Crippen molar-refractivity contribution >= 4 is 17.2 Å². The smallest absolute Gasteiger partial charge is 0.253 e. The van der Waals surface area contributed by atoms with E-state index in [4.69, 9.17) is 0 Å². The second-order valence-corrected chi connectivity index (χ2v) is 6.28. The number of likely N-dealkylation sites (tertiary alicyclic amines) is 1. The molecule has 3 rings (SSSR count). The number of rotatable bonds is 2. The highest BCUT2D eigenvalue weighted by molar-refractivity contribution is 7.10. The largest absolute Gasteiger partial charge is 0.339 e. The average Bonchev–Trinajstić information content (AvgIpc) is 3.10. The molecule has 1 aromatic heterocycles. The molecule has 0 aliphatic carbocycles. The minimum absolute atomic E-state index is 0.0633. The molecule has 0 saturated carbocycles. The molecule has 0 bridgehead atoms. The number of benzene rings is 1. The Morgan fingerprint density at radius 2 is 1.86 bits per heavy atom. The van der Waals surface area contributed by atoms with Gasteiger partial charge < -0.3 is 4.90 Å². The van der Waals surface area contributed by atoms with Gasteiger partial charge in [-0.2, -0.15) is 5.26 Å². The maximum Gasteiger partial charge on any atom is 0.253 e. The molecule has 2 aromatic rings. The molecule has 3 nitrogen and oxygen atoms in total. The molecule has 1 aliphatic rings. The third-order valence-corrected chi connectivity index (χ3v) is 5.21. The van der Waals surface area contributed by atoms with Crippen molar-refractivity contribution in [3.63, 3.8) is 0 Å². The van der Waals surface area contributed by atoms with E-state index in [1.807, 2.05) is 52.7 Å². The van der Waals surface area contributed by atoms with Crippen molar-refractivity contribution < 1.29 is 4.79 Å². The Labute approximate surface area is 128 Å². The number of hydrogen-bond donors (Lipinski definition) is 0. The molecule has 0 unspecified atom stereocenters. The second kappa shape index (κ2) is 5.71. The SMILES string of the molecule is N#CC1(c2cccs2)CCN(C(=O)c2ccccc2)CC1. The van der Waals surface area contributed by atoms with Crippen molar-refractivity contribution in [3.8, 4) is 6.07 Å². The first kappa shape index (κ1) is 13.8. The van der Waals surface area contributed by atoms with Gasteiger partial charge in [0.1, 0.15) is 0 Å². The van der Waals surface area contributed by atoms with Crippen LogP contribution in [-0.4, -0.2) is 23.9 Å². The third-order valence-electron chi connectivity index (χ3n) is 4.13. The van der Waals surface area contributed by atoms with Crippen LogP contribution in [0.15, 0.2) is 47.8 Å². The van der Waals surface area contributed by atoms with Crippen molar-refractivity contribution in [2.75, 3.05) is 13.1 Å². The van der Waals surface area contributed by atoms with E-state index in [1.54, 1.807) is 11.3 Å². The van der Waals surface area contributed by atoms with Crippen LogP contribution in [0.4, 0.5) is 0 Å². The van der Waals surface area contributed by atoms with E-state index in [0.717, 1.165) is 10.4 Å². The Morgan fingerprint density at radius 1 is 1.14 bits per heavy atom. The van der Waals surface area contributed by atoms with Crippen LogP contribution in [0.25, 0.3) is 0 Å². The maximum atomic E-state index is 12.4. The van der Waals surface area contributed by atoms with E-state index in [1.165, 1.54) is 0 Å². The standard InChI is InChI=1S/C17H16N2OS/c18-13-17(15-7-4-12-21-15)8-10-19(11-9-17)16(20)14-5-2-1-3-6-14/h1-7,12H,8-11H2. The first-order valence-electron chi connectivity index (χ1n) is 7.05. The third kappa shape index (κ3) is 2.57. The van der Waals surface area contributed by atoms with E-state index < -0.39 is 5.41 Å². The second-order valence-electron chi connectivity index (χ2n) is 5.33. The van der Waals surface area contributed by atoms with Gasteiger partial charge in [0.2, 0.25) is 0 Å². The fourth-order valence-corrected chi connectivity index (χ4v) is 3.76. The van der Waals surface area contributed by atoms with Gasteiger partial charge in [-0.15, -0.1) is 11.3 Å². The average molecular weight is 296 g/mol. The number of nitrogens with zero attached hydrogens (tertiary/aromatic N) is 2. The molecule has 1 amide bonds. The topological polar surface area (TPSA) is 44.1 Å². The van der Waals surface area contributed by atoms with Gasteiger partial charge in [0.25, 0.3) is 5.91 Å². The quantitative estimate of drug-likeness (QED) is 0.852. The normalized spacial score (nSPS) is 17.2. The van der Waals surface area contributed by atoms with Crippen molar-refractivity contribution in [3.05, 3.63) is 58.3 Å². The van der Waals surface area contributed by atoms with Gasteiger partial charge in [0.15, 0.2) is 0 Å². The number of nitriles is 1. The number of thiophene rings is 1. The number of piperidine rings is 1. The lowest BCUT2D eigenvalue weighted by atomic mass is 9.78. The lowest BCUT2D eigenvalue weighted by Crippen LogP contribution is -2.44. The molecule has 1 fully saturated rings. The zero-order valence-electron chi connectivity index (χ0n) is 11.7. The van der Waals surface area contributed by atoms with Crippen LogP contribution < -0.4 is 0 Å². The Bertz CT molecular complexity index is 650. The highest BCUT2D eigenvalue weighted by Gasteiger charge is 2.38. The molecule has 0 radical (unpaired) electrons. The summed E-state index contributed by atoms with van der Waals surface area (Å²) in [6.45, 7) is 1.28. The van der Waals surface area contributed by atoms with E-state index in [9.17, 15) is 10.1 Å². The molecule has 2 heterocycles. The minimum Gasteiger partial charge on any atom is -0.339 e. The number of amides is 1. The lowest BCUT2D eigenvalue weighted by molar-refractivity contribution is 0.0693. The molecule has 106 valence electrons. The van der Waals surface area contributed by atoms with Crippen LogP contribution in [0.5, 0.6) is 0 Å². The first-order chi connectivity index (χ1) is 10.2. The molecule has 1 saturated heterocycles. The predicted molar refractivity (Wildman–Crippen MR) is 83.2 cm³/mol. The Morgan fingerprint density at radius 3 is 2.43 bits per heavy atom. The number of carbonyl (C=O) groups excluding carboxylic acids is 1. The van der Waals surface area contributed by atoms with E-state index >= 15 is 0 Å². The molecule has 0 spiro atoms. The Hall–Kier alpha value is -2.12. The molecule has 21 heavy (non-hydrogen) atoms. The van der Waals surface area contributed by atoms with Crippen LogP contribution in [0.3, 0.4) is 0 Å². The summed E-state index contributed by atoms with van der Waals surface area (Å²) in [7, 11) is 0. The predicted octanol–water partition coefficient (Wildman–Crippen LogP) is 3.45. The Balaban J connectivity index is 1.73.